The first-order chi connectivity index (χ1) is 17.0. The molecule has 2 amide bonds. The monoisotopic (exact) mass is 557 g/mol. The fraction of sp³-hybridized carbons (Fsp3) is 0.440. The van der Waals surface area contributed by atoms with Gasteiger partial charge in [0.1, 0.15) is 18.4 Å². The van der Waals surface area contributed by atoms with Crippen molar-refractivity contribution in [2.24, 2.45) is 0 Å². The Morgan fingerprint density at radius 1 is 1.11 bits per heavy atom. The predicted molar refractivity (Wildman–Crippen MR) is 140 cm³/mol. The van der Waals surface area contributed by atoms with E-state index in [0.29, 0.717) is 19.9 Å². The van der Waals surface area contributed by atoms with Crippen molar-refractivity contribution in [3.8, 4) is 0 Å². The zero-order valence-electron chi connectivity index (χ0n) is 20.2. The topological polar surface area (TPSA) is 86.8 Å². The Bertz CT molecular complexity index is 1210. The van der Waals surface area contributed by atoms with Crippen LogP contribution < -0.4 is 9.62 Å². The van der Waals surface area contributed by atoms with Crippen molar-refractivity contribution >= 4 is 50.7 Å². The number of sulfonamides is 1. The summed E-state index contributed by atoms with van der Waals surface area (Å²) in [5.41, 5.74) is 0.278. The van der Waals surface area contributed by atoms with Crippen molar-refractivity contribution in [1.82, 2.24) is 10.2 Å². The maximum atomic E-state index is 14.5. The molecule has 0 aliphatic heterocycles. The van der Waals surface area contributed by atoms with Crippen LogP contribution in [-0.2, 0) is 26.2 Å². The number of nitrogens with zero attached hydrogens (tertiary/aromatic N) is 2. The second-order valence-corrected chi connectivity index (χ2v) is 11.7. The Morgan fingerprint density at radius 2 is 1.78 bits per heavy atom. The van der Waals surface area contributed by atoms with Crippen LogP contribution in [0.3, 0.4) is 0 Å². The highest BCUT2D eigenvalue weighted by molar-refractivity contribution is 7.92. The number of nitrogens with one attached hydrogen (secondary N) is 1. The van der Waals surface area contributed by atoms with E-state index in [2.05, 4.69) is 5.32 Å². The summed E-state index contributed by atoms with van der Waals surface area (Å²) < 4.78 is 40.2. The summed E-state index contributed by atoms with van der Waals surface area (Å²) in [5, 5.41) is 3.72. The normalized spacial score (nSPS) is 15.2. The molecule has 0 heterocycles. The van der Waals surface area contributed by atoms with Crippen LogP contribution in [0.2, 0.25) is 10.0 Å². The molecule has 1 N–H and O–H groups in total. The lowest BCUT2D eigenvalue weighted by Crippen LogP contribution is -2.53. The van der Waals surface area contributed by atoms with Crippen LogP contribution in [0.1, 0.15) is 44.6 Å². The van der Waals surface area contributed by atoms with E-state index in [9.17, 15) is 22.4 Å². The van der Waals surface area contributed by atoms with Gasteiger partial charge in [0.15, 0.2) is 0 Å². The zero-order valence-corrected chi connectivity index (χ0v) is 22.5. The van der Waals surface area contributed by atoms with Crippen molar-refractivity contribution < 1.29 is 22.4 Å². The fourth-order valence-electron chi connectivity index (χ4n) is 4.23. The molecule has 2 aromatic carbocycles. The van der Waals surface area contributed by atoms with E-state index in [0.717, 1.165) is 44.4 Å². The van der Waals surface area contributed by atoms with Crippen molar-refractivity contribution in [3.63, 3.8) is 0 Å². The largest absolute Gasteiger partial charge is 0.352 e. The number of rotatable bonds is 9. The lowest BCUT2D eigenvalue weighted by Gasteiger charge is -2.33. The summed E-state index contributed by atoms with van der Waals surface area (Å²) in [5.74, 6) is -1.82. The van der Waals surface area contributed by atoms with Gasteiger partial charge in [-0.3, -0.25) is 13.9 Å². The Hall–Kier alpha value is -2.36. The van der Waals surface area contributed by atoms with Crippen LogP contribution in [0.15, 0.2) is 42.5 Å². The second-order valence-electron chi connectivity index (χ2n) is 9.00. The van der Waals surface area contributed by atoms with Gasteiger partial charge in [-0.25, -0.2) is 12.8 Å². The van der Waals surface area contributed by atoms with Crippen LogP contribution in [0, 0.1) is 5.82 Å². The van der Waals surface area contributed by atoms with Crippen molar-refractivity contribution in [2.75, 3.05) is 17.1 Å². The molecular formula is C25H30Cl2FN3O4S. The van der Waals surface area contributed by atoms with E-state index in [1.807, 2.05) is 0 Å². The van der Waals surface area contributed by atoms with Crippen molar-refractivity contribution in [1.29, 1.82) is 0 Å². The molecule has 0 spiro atoms. The summed E-state index contributed by atoms with van der Waals surface area (Å²) >= 11 is 12.3. The van der Waals surface area contributed by atoms with Crippen molar-refractivity contribution in [2.45, 2.75) is 57.7 Å². The number of benzene rings is 2. The van der Waals surface area contributed by atoms with Gasteiger partial charge in [-0.2, -0.15) is 0 Å². The molecule has 0 unspecified atom stereocenters. The van der Waals surface area contributed by atoms with Gasteiger partial charge in [-0.05, 0) is 49.6 Å². The molecule has 0 radical (unpaired) electrons. The molecule has 11 heteroatoms. The maximum absolute atomic E-state index is 14.5. The minimum absolute atomic E-state index is 0.0238. The number of amides is 2. The molecular weight excluding hydrogens is 528 g/mol. The van der Waals surface area contributed by atoms with E-state index >= 15 is 0 Å². The minimum atomic E-state index is -4.02. The van der Waals surface area contributed by atoms with Crippen LogP contribution in [-0.4, -0.2) is 50.0 Å². The van der Waals surface area contributed by atoms with Crippen LogP contribution in [0.25, 0.3) is 0 Å². The van der Waals surface area contributed by atoms with Crippen LogP contribution in [0.4, 0.5) is 10.1 Å². The third-order valence-corrected chi connectivity index (χ3v) is 7.99. The van der Waals surface area contributed by atoms with E-state index in [4.69, 9.17) is 23.2 Å². The van der Waals surface area contributed by atoms with Crippen LogP contribution >= 0.6 is 23.2 Å². The smallest absolute Gasteiger partial charge is 0.244 e. The van der Waals surface area contributed by atoms with Gasteiger partial charge in [0, 0.05) is 22.6 Å². The summed E-state index contributed by atoms with van der Waals surface area (Å²) in [6, 6.07) is 9.16. The molecule has 0 saturated heterocycles. The average molecular weight is 559 g/mol. The van der Waals surface area contributed by atoms with E-state index in [1.54, 1.807) is 19.1 Å². The molecule has 2 aromatic rings. The van der Waals surface area contributed by atoms with Gasteiger partial charge in [0.25, 0.3) is 0 Å². The molecule has 1 atom stereocenters. The van der Waals surface area contributed by atoms with E-state index in [1.165, 1.54) is 29.2 Å². The van der Waals surface area contributed by atoms with Crippen LogP contribution in [0.5, 0.6) is 0 Å². The molecule has 0 bridgehead atoms. The number of carbonyl (C=O) groups excluding carboxylic acids is 2. The van der Waals surface area contributed by atoms with Crippen molar-refractivity contribution in [3.05, 3.63) is 63.9 Å². The minimum Gasteiger partial charge on any atom is -0.352 e. The lowest BCUT2D eigenvalue weighted by atomic mass is 9.95. The van der Waals surface area contributed by atoms with Gasteiger partial charge in [-0.15, -0.1) is 0 Å². The van der Waals surface area contributed by atoms with Gasteiger partial charge < -0.3 is 10.2 Å². The quantitative estimate of drug-likeness (QED) is 0.481. The summed E-state index contributed by atoms with van der Waals surface area (Å²) in [6.07, 6.45) is 5.79. The zero-order chi connectivity index (χ0) is 26.5. The Balaban J connectivity index is 1.91. The molecule has 0 aromatic heterocycles. The summed E-state index contributed by atoms with van der Waals surface area (Å²) in [7, 11) is -4.02. The Kier molecular flexibility index (Phi) is 9.60. The fourth-order valence-corrected chi connectivity index (χ4v) is 5.55. The molecule has 196 valence electrons. The van der Waals surface area contributed by atoms with Gasteiger partial charge >= 0.3 is 0 Å². The predicted octanol–water partition coefficient (Wildman–Crippen LogP) is 4.76. The number of hydrogen-bond acceptors (Lipinski definition) is 4. The maximum Gasteiger partial charge on any atom is 0.244 e. The molecule has 7 nitrogen and oxygen atoms in total. The third-order valence-electron chi connectivity index (χ3n) is 6.27. The van der Waals surface area contributed by atoms with Gasteiger partial charge in [-0.1, -0.05) is 60.7 Å². The molecule has 1 aliphatic rings. The molecule has 1 fully saturated rings. The first kappa shape index (κ1) is 28.2. The highest BCUT2D eigenvalue weighted by Crippen LogP contribution is 2.25. The summed E-state index contributed by atoms with van der Waals surface area (Å²) in [4.78, 5) is 28.0. The SMILES string of the molecule is C[C@@H](C(=O)NC1CCCCC1)N(Cc1ccc(Cl)cc1Cl)C(=O)CN(c1ccccc1F)S(C)(=O)=O. The molecule has 36 heavy (non-hydrogen) atoms. The Morgan fingerprint density at radius 3 is 2.39 bits per heavy atom. The number of para-hydroxylation sites is 1. The van der Waals surface area contributed by atoms with Gasteiger partial charge in [0.05, 0.1) is 11.9 Å². The third kappa shape index (κ3) is 7.33. The molecule has 1 aliphatic carbocycles. The van der Waals surface area contributed by atoms with E-state index < -0.39 is 34.3 Å². The molecule has 3 rings (SSSR count). The second kappa shape index (κ2) is 12.3. The highest BCUT2D eigenvalue weighted by atomic mass is 35.5. The highest BCUT2D eigenvalue weighted by Gasteiger charge is 2.32. The first-order valence-corrected chi connectivity index (χ1v) is 14.3. The first-order valence-electron chi connectivity index (χ1n) is 11.7. The summed E-state index contributed by atoms with van der Waals surface area (Å²) in [6.45, 7) is 0.822. The lowest BCUT2D eigenvalue weighted by molar-refractivity contribution is -0.139. The Labute approximate surface area is 221 Å². The number of halogens is 3. The number of anilines is 1. The number of hydrogen-bond donors (Lipinski definition) is 1. The van der Waals surface area contributed by atoms with Gasteiger partial charge in [0.2, 0.25) is 21.8 Å². The number of carbonyl (C=O) groups is 2. The molecule has 1 saturated carbocycles. The van der Waals surface area contributed by atoms with E-state index in [-0.39, 0.29) is 24.2 Å². The average Bonchev–Trinajstić information content (AvgIpc) is 2.82. The standard InChI is InChI=1S/C25H30Cl2FN3O4S/c1-17(25(33)29-20-8-4-3-5-9-20)30(15-18-12-13-19(26)14-21(18)27)24(32)16-31(36(2,34)35)23-11-7-6-10-22(23)28/h6-7,10-14,17,20H,3-5,8-9,15-16H2,1-2H3,(H,29,33)/t17-/m0/s1.